The Morgan fingerprint density at radius 2 is 1.74 bits per heavy atom. The van der Waals surface area contributed by atoms with Crippen LogP contribution in [0.25, 0.3) is 0 Å². The number of carbonyl (C=O) groups excluding carboxylic acids is 1. The maximum atomic E-state index is 12.0. The van der Waals surface area contributed by atoms with Crippen LogP contribution in [0, 0.1) is 5.92 Å². The van der Waals surface area contributed by atoms with Crippen molar-refractivity contribution in [1.82, 2.24) is 15.1 Å². The number of carboxylic acid groups (broad SMARTS) is 1. The van der Waals surface area contributed by atoms with E-state index in [1.54, 1.807) is 4.90 Å². The van der Waals surface area contributed by atoms with Crippen molar-refractivity contribution in [1.29, 1.82) is 0 Å². The first-order chi connectivity index (χ1) is 8.72. The van der Waals surface area contributed by atoms with Gasteiger partial charge in [0.1, 0.15) is 5.54 Å². The Morgan fingerprint density at radius 1 is 1.21 bits per heavy atom. The van der Waals surface area contributed by atoms with E-state index in [0.29, 0.717) is 19.0 Å². The van der Waals surface area contributed by atoms with Gasteiger partial charge in [-0.05, 0) is 19.8 Å². The van der Waals surface area contributed by atoms with Gasteiger partial charge >= 0.3 is 12.0 Å². The van der Waals surface area contributed by atoms with Crippen molar-refractivity contribution >= 4 is 12.0 Å². The number of carboxylic acids is 1. The smallest absolute Gasteiger partial charge is 0.328 e. The maximum absolute atomic E-state index is 12.0. The van der Waals surface area contributed by atoms with Crippen LogP contribution in [-0.2, 0) is 4.79 Å². The second-order valence-electron chi connectivity index (χ2n) is 6.04. The minimum absolute atomic E-state index is 0.295. The van der Waals surface area contributed by atoms with Crippen molar-refractivity contribution in [3.63, 3.8) is 0 Å². The van der Waals surface area contributed by atoms with Crippen LogP contribution in [0.5, 0.6) is 0 Å². The maximum Gasteiger partial charge on any atom is 0.328 e. The predicted molar refractivity (Wildman–Crippen MR) is 73.1 cm³/mol. The number of nitrogens with zero attached hydrogens (tertiary/aromatic N) is 2. The minimum atomic E-state index is -1.23. The molecule has 2 amide bonds. The lowest BCUT2D eigenvalue weighted by atomic mass is 10.1. The fourth-order valence-electron chi connectivity index (χ4n) is 2.05. The SMILES string of the molecule is CC(C)CN1CCN(C(=O)NC(C)(C)C(=O)O)CC1. The number of piperazine rings is 1. The van der Waals surface area contributed by atoms with Gasteiger partial charge in [-0.3, -0.25) is 4.90 Å². The topological polar surface area (TPSA) is 72.9 Å². The fraction of sp³-hybridized carbons (Fsp3) is 0.846. The molecule has 1 saturated heterocycles. The summed E-state index contributed by atoms with van der Waals surface area (Å²) in [6.45, 7) is 11.4. The molecule has 19 heavy (non-hydrogen) atoms. The Hall–Kier alpha value is -1.30. The average molecular weight is 271 g/mol. The molecule has 0 aromatic carbocycles. The molecule has 6 heteroatoms. The molecule has 6 nitrogen and oxygen atoms in total. The number of hydrogen-bond donors (Lipinski definition) is 2. The van der Waals surface area contributed by atoms with Gasteiger partial charge in [0, 0.05) is 32.7 Å². The van der Waals surface area contributed by atoms with Crippen LogP contribution in [0.15, 0.2) is 0 Å². The Kier molecular flexibility index (Phi) is 5.17. The molecule has 0 aliphatic carbocycles. The molecule has 0 aromatic heterocycles. The van der Waals surface area contributed by atoms with E-state index in [9.17, 15) is 9.59 Å². The van der Waals surface area contributed by atoms with E-state index in [2.05, 4.69) is 24.1 Å². The third-order valence-corrected chi connectivity index (χ3v) is 3.24. The zero-order chi connectivity index (χ0) is 14.6. The van der Waals surface area contributed by atoms with Crippen molar-refractivity contribution in [3.05, 3.63) is 0 Å². The summed E-state index contributed by atoms with van der Waals surface area (Å²) in [5, 5.41) is 11.5. The summed E-state index contributed by atoms with van der Waals surface area (Å²) in [5.74, 6) is -0.411. The van der Waals surface area contributed by atoms with E-state index in [0.717, 1.165) is 19.6 Å². The molecule has 1 fully saturated rings. The lowest BCUT2D eigenvalue weighted by Crippen LogP contribution is -2.58. The molecular weight excluding hydrogens is 246 g/mol. The highest BCUT2D eigenvalue weighted by molar-refractivity contribution is 5.85. The van der Waals surface area contributed by atoms with Gasteiger partial charge in [-0.1, -0.05) is 13.8 Å². The Morgan fingerprint density at radius 3 is 2.16 bits per heavy atom. The lowest BCUT2D eigenvalue weighted by molar-refractivity contribution is -0.143. The molecule has 0 bridgehead atoms. The first-order valence-corrected chi connectivity index (χ1v) is 6.75. The van der Waals surface area contributed by atoms with Crippen molar-refractivity contribution < 1.29 is 14.7 Å². The van der Waals surface area contributed by atoms with Gasteiger partial charge in [-0.25, -0.2) is 9.59 Å². The van der Waals surface area contributed by atoms with Crippen molar-refractivity contribution in [3.8, 4) is 0 Å². The highest BCUT2D eigenvalue weighted by Crippen LogP contribution is 2.08. The molecule has 2 N–H and O–H groups in total. The predicted octanol–water partition coefficient (Wildman–Crippen LogP) is 0.833. The van der Waals surface area contributed by atoms with Gasteiger partial charge in [0.15, 0.2) is 0 Å². The molecule has 1 rings (SSSR count). The number of amides is 2. The molecule has 1 aliphatic heterocycles. The van der Waals surface area contributed by atoms with E-state index in [4.69, 9.17) is 5.11 Å². The summed E-state index contributed by atoms with van der Waals surface area (Å²) in [6.07, 6.45) is 0. The van der Waals surface area contributed by atoms with E-state index in [-0.39, 0.29) is 6.03 Å². The summed E-state index contributed by atoms with van der Waals surface area (Å²) >= 11 is 0. The summed E-state index contributed by atoms with van der Waals surface area (Å²) in [4.78, 5) is 27.0. The summed E-state index contributed by atoms with van der Waals surface area (Å²) in [5.41, 5.74) is -1.23. The van der Waals surface area contributed by atoms with Gasteiger partial charge in [0.2, 0.25) is 0 Å². The Balaban J connectivity index is 2.43. The molecular formula is C13H25N3O3. The quantitative estimate of drug-likeness (QED) is 0.794. The highest BCUT2D eigenvalue weighted by Gasteiger charge is 2.31. The van der Waals surface area contributed by atoms with Crippen molar-refractivity contribution in [2.75, 3.05) is 32.7 Å². The van der Waals surface area contributed by atoms with Gasteiger partial charge < -0.3 is 15.3 Å². The molecule has 0 spiro atoms. The largest absolute Gasteiger partial charge is 0.480 e. The summed E-state index contributed by atoms with van der Waals surface area (Å²) < 4.78 is 0. The molecule has 1 aliphatic rings. The third-order valence-electron chi connectivity index (χ3n) is 3.24. The second-order valence-corrected chi connectivity index (χ2v) is 6.04. The molecule has 0 radical (unpaired) electrons. The van der Waals surface area contributed by atoms with Gasteiger partial charge in [-0.2, -0.15) is 0 Å². The fourth-order valence-corrected chi connectivity index (χ4v) is 2.05. The zero-order valence-corrected chi connectivity index (χ0v) is 12.3. The van der Waals surface area contributed by atoms with Crippen LogP contribution in [-0.4, -0.2) is 65.2 Å². The van der Waals surface area contributed by atoms with Crippen LogP contribution in [0.1, 0.15) is 27.7 Å². The molecule has 110 valence electrons. The Labute approximate surface area is 114 Å². The van der Waals surface area contributed by atoms with Crippen LogP contribution in [0.4, 0.5) is 4.79 Å². The third kappa shape index (κ3) is 4.70. The summed E-state index contributed by atoms with van der Waals surface area (Å²) in [7, 11) is 0. The summed E-state index contributed by atoms with van der Waals surface area (Å²) in [6, 6.07) is -0.295. The van der Waals surface area contributed by atoms with E-state index >= 15 is 0 Å². The Bertz CT molecular complexity index is 334. The van der Waals surface area contributed by atoms with Crippen LogP contribution in [0.3, 0.4) is 0 Å². The zero-order valence-electron chi connectivity index (χ0n) is 12.3. The normalized spacial score (nSPS) is 17.6. The lowest BCUT2D eigenvalue weighted by Gasteiger charge is -2.36. The molecule has 0 saturated carbocycles. The standard InChI is InChI=1S/C13H25N3O3/c1-10(2)9-15-5-7-16(8-6-15)12(19)14-13(3,4)11(17)18/h10H,5-9H2,1-4H3,(H,14,19)(H,17,18). The molecule has 0 atom stereocenters. The van der Waals surface area contributed by atoms with Gasteiger partial charge in [0.25, 0.3) is 0 Å². The first-order valence-electron chi connectivity index (χ1n) is 6.75. The average Bonchev–Trinajstić information content (AvgIpc) is 2.28. The van der Waals surface area contributed by atoms with Crippen LogP contribution >= 0.6 is 0 Å². The van der Waals surface area contributed by atoms with Crippen LogP contribution < -0.4 is 5.32 Å². The van der Waals surface area contributed by atoms with Gasteiger partial charge in [-0.15, -0.1) is 0 Å². The number of rotatable bonds is 4. The van der Waals surface area contributed by atoms with E-state index < -0.39 is 11.5 Å². The molecule has 0 unspecified atom stereocenters. The molecule has 1 heterocycles. The second kappa shape index (κ2) is 6.23. The van der Waals surface area contributed by atoms with Gasteiger partial charge in [0.05, 0.1) is 0 Å². The number of carbonyl (C=O) groups is 2. The van der Waals surface area contributed by atoms with E-state index in [1.165, 1.54) is 13.8 Å². The minimum Gasteiger partial charge on any atom is -0.480 e. The van der Waals surface area contributed by atoms with Crippen molar-refractivity contribution in [2.24, 2.45) is 5.92 Å². The molecule has 0 aromatic rings. The van der Waals surface area contributed by atoms with E-state index in [1.807, 2.05) is 0 Å². The number of aliphatic carboxylic acids is 1. The van der Waals surface area contributed by atoms with Crippen LogP contribution in [0.2, 0.25) is 0 Å². The van der Waals surface area contributed by atoms with Crippen molar-refractivity contribution in [2.45, 2.75) is 33.2 Å². The first kappa shape index (κ1) is 15.8. The monoisotopic (exact) mass is 271 g/mol. The highest BCUT2D eigenvalue weighted by atomic mass is 16.4. The number of nitrogens with one attached hydrogen (secondary N) is 1. The number of urea groups is 1. The number of hydrogen-bond acceptors (Lipinski definition) is 3.